The van der Waals surface area contributed by atoms with Crippen molar-refractivity contribution in [3.8, 4) is 5.75 Å². The Balaban J connectivity index is 2.42. The van der Waals surface area contributed by atoms with Crippen molar-refractivity contribution < 1.29 is 27.9 Å². The van der Waals surface area contributed by atoms with Crippen LogP contribution in [-0.2, 0) is 19.2 Å². The minimum atomic E-state index is -4.67. The van der Waals surface area contributed by atoms with Crippen LogP contribution in [0.3, 0.4) is 0 Å². The molecule has 2 rings (SSSR count). The van der Waals surface area contributed by atoms with Crippen molar-refractivity contribution in [1.82, 2.24) is 5.32 Å². The second-order valence-corrected chi connectivity index (χ2v) is 5.91. The number of rotatable bonds is 5. The summed E-state index contributed by atoms with van der Waals surface area (Å²) in [6.07, 6.45) is -3.84. The van der Waals surface area contributed by atoms with E-state index in [1.165, 1.54) is 13.1 Å². The van der Waals surface area contributed by atoms with E-state index in [2.05, 4.69) is 5.32 Å². The molecule has 0 heterocycles. The molecule has 2 aromatic carbocycles. The molecule has 0 saturated heterocycles. The summed E-state index contributed by atoms with van der Waals surface area (Å²) in [7, 11) is 1.26. The van der Waals surface area contributed by atoms with Gasteiger partial charge >= 0.3 is 12.2 Å². The largest absolute Gasteiger partial charge is 0.489 e. The molecule has 0 bridgehead atoms. The molecule has 0 saturated carbocycles. The van der Waals surface area contributed by atoms with Crippen LogP contribution in [0.2, 0.25) is 0 Å². The molecule has 27 heavy (non-hydrogen) atoms. The standard InChI is InChI=1S/C19H21F3N2O3/c1-4-13-8-9-17(12(2)10-13)27-11-14-15(19(20,21)22)6-5-7-16(14)24(26)18(25)23-3/h5-10,26H,4,11H2,1-3H3,(H,23,25). The predicted octanol–water partition coefficient (Wildman–Crippen LogP) is 4.69. The van der Waals surface area contributed by atoms with Crippen molar-refractivity contribution in [3.63, 3.8) is 0 Å². The highest BCUT2D eigenvalue weighted by Gasteiger charge is 2.35. The molecular weight excluding hydrogens is 361 g/mol. The number of nitrogens with one attached hydrogen (secondary N) is 1. The van der Waals surface area contributed by atoms with Gasteiger partial charge in [-0.15, -0.1) is 0 Å². The summed E-state index contributed by atoms with van der Waals surface area (Å²) in [6.45, 7) is 3.33. The van der Waals surface area contributed by atoms with Gasteiger partial charge in [-0.3, -0.25) is 5.21 Å². The van der Waals surface area contributed by atoms with E-state index in [0.29, 0.717) is 5.75 Å². The molecular formula is C19H21F3N2O3. The molecule has 2 N–H and O–H groups in total. The number of hydrogen-bond acceptors (Lipinski definition) is 3. The highest BCUT2D eigenvalue weighted by atomic mass is 19.4. The number of benzene rings is 2. The summed E-state index contributed by atoms with van der Waals surface area (Å²) >= 11 is 0. The molecule has 0 aliphatic carbocycles. The zero-order valence-corrected chi connectivity index (χ0v) is 15.2. The Kier molecular flexibility index (Phi) is 6.32. The number of carbonyl (C=O) groups excluding carboxylic acids is 1. The first kappa shape index (κ1) is 20.6. The maximum atomic E-state index is 13.4. The summed E-state index contributed by atoms with van der Waals surface area (Å²) in [5, 5.41) is 12.3. The van der Waals surface area contributed by atoms with E-state index in [-0.39, 0.29) is 16.3 Å². The van der Waals surface area contributed by atoms with Crippen molar-refractivity contribution in [1.29, 1.82) is 0 Å². The fourth-order valence-electron chi connectivity index (χ4n) is 2.65. The van der Waals surface area contributed by atoms with Gasteiger partial charge in [-0.25, -0.2) is 4.79 Å². The normalized spacial score (nSPS) is 11.2. The Bertz CT molecular complexity index is 822. The van der Waals surface area contributed by atoms with Crippen LogP contribution in [-0.4, -0.2) is 18.3 Å². The number of amides is 2. The molecule has 0 unspecified atom stereocenters. The van der Waals surface area contributed by atoms with E-state index in [1.807, 2.05) is 19.1 Å². The van der Waals surface area contributed by atoms with E-state index in [1.54, 1.807) is 13.0 Å². The van der Waals surface area contributed by atoms with E-state index in [0.717, 1.165) is 29.7 Å². The quantitative estimate of drug-likeness (QED) is 0.583. The number of aryl methyl sites for hydroxylation is 2. The van der Waals surface area contributed by atoms with Gasteiger partial charge < -0.3 is 10.1 Å². The van der Waals surface area contributed by atoms with Gasteiger partial charge in [0.2, 0.25) is 0 Å². The van der Waals surface area contributed by atoms with Crippen LogP contribution in [0.1, 0.15) is 29.2 Å². The average Bonchev–Trinajstić information content (AvgIpc) is 2.64. The third kappa shape index (κ3) is 4.71. The number of hydroxylamine groups is 1. The van der Waals surface area contributed by atoms with Crippen LogP contribution in [0, 0.1) is 6.92 Å². The smallest absolute Gasteiger partial charge is 0.416 e. The Morgan fingerprint density at radius 3 is 2.52 bits per heavy atom. The third-order valence-corrected chi connectivity index (χ3v) is 4.11. The summed E-state index contributed by atoms with van der Waals surface area (Å²) in [6, 6.07) is 7.69. The van der Waals surface area contributed by atoms with Gasteiger partial charge in [0.1, 0.15) is 12.4 Å². The van der Waals surface area contributed by atoms with Gasteiger partial charge in [-0.1, -0.05) is 25.1 Å². The minimum absolute atomic E-state index is 0.140. The molecule has 146 valence electrons. The molecule has 0 aliphatic heterocycles. The summed E-state index contributed by atoms with van der Waals surface area (Å²) in [5.41, 5.74) is 0.248. The number of ether oxygens (including phenoxy) is 1. The number of hydrogen-bond donors (Lipinski definition) is 2. The maximum Gasteiger partial charge on any atom is 0.416 e. The molecule has 0 spiro atoms. The number of halogens is 3. The second kappa shape index (κ2) is 8.30. The van der Waals surface area contributed by atoms with Crippen LogP contribution in [0.15, 0.2) is 36.4 Å². The Labute approximate surface area is 155 Å². The molecule has 0 atom stereocenters. The van der Waals surface area contributed by atoms with Gasteiger partial charge in [-0.05, 0) is 42.7 Å². The number of urea groups is 1. The first-order valence-corrected chi connectivity index (χ1v) is 8.31. The molecule has 0 aromatic heterocycles. The number of alkyl halides is 3. The van der Waals surface area contributed by atoms with Crippen molar-refractivity contribution in [2.75, 3.05) is 12.1 Å². The summed E-state index contributed by atoms with van der Waals surface area (Å²) in [5.74, 6) is 0.430. The van der Waals surface area contributed by atoms with Gasteiger partial charge in [0, 0.05) is 12.6 Å². The summed E-state index contributed by atoms with van der Waals surface area (Å²) in [4.78, 5) is 11.7. The van der Waals surface area contributed by atoms with Crippen molar-refractivity contribution in [3.05, 3.63) is 58.7 Å². The maximum absolute atomic E-state index is 13.4. The fraction of sp³-hybridized carbons (Fsp3) is 0.316. The molecule has 0 aliphatic rings. The molecule has 2 aromatic rings. The van der Waals surface area contributed by atoms with Crippen molar-refractivity contribution >= 4 is 11.7 Å². The number of carbonyl (C=O) groups is 1. The number of nitrogens with zero attached hydrogens (tertiary/aromatic N) is 1. The third-order valence-electron chi connectivity index (χ3n) is 4.11. The lowest BCUT2D eigenvalue weighted by molar-refractivity contribution is -0.138. The number of anilines is 1. The molecule has 0 radical (unpaired) electrons. The van der Waals surface area contributed by atoms with E-state index in [9.17, 15) is 23.2 Å². The first-order chi connectivity index (χ1) is 12.7. The Morgan fingerprint density at radius 1 is 1.26 bits per heavy atom. The van der Waals surface area contributed by atoms with Gasteiger partial charge in [-0.2, -0.15) is 18.2 Å². The molecule has 8 heteroatoms. The van der Waals surface area contributed by atoms with E-state index in [4.69, 9.17) is 4.74 Å². The Hall–Kier alpha value is -2.74. The van der Waals surface area contributed by atoms with Gasteiger partial charge in [0.25, 0.3) is 0 Å². The Morgan fingerprint density at radius 2 is 1.96 bits per heavy atom. The van der Waals surface area contributed by atoms with Crippen molar-refractivity contribution in [2.45, 2.75) is 33.1 Å². The van der Waals surface area contributed by atoms with E-state index < -0.39 is 24.4 Å². The first-order valence-electron chi connectivity index (χ1n) is 8.31. The lowest BCUT2D eigenvalue weighted by atomic mass is 10.0. The average molecular weight is 382 g/mol. The topological polar surface area (TPSA) is 61.8 Å². The molecule has 0 fully saturated rings. The predicted molar refractivity (Wildman–Crippen MR) is 95.1 cm³/mol. The lowest BCUT2D eigenvalue weighted by Gasteiger charge is -2.22. The summed E-state index contributed by atoms with van der Waals surface area (Å²) < 4.78 is 45.9. The van der Waals surface area contributed by atoms with Gasteiger partial charge in [0.05, 0.1) is 11.3 Å². The van der Waals surface area contributed by atoms with Gasteiger partial charge in [0.15, 0.2) is 0 Å². The fourth-order valence-corrected chi connectivity index (χ4v) is 2.65. The minimum Gasteiger partial charge on any atom is -0.489 e. The zero-order valence-electron chi connectivity index (χ0n) is 15.2. The monoisotopic (exact) mass is 382 g/mol. The van der Waals surface area contributed by atoms with Crippen LogP contribution in [0.4, 0.5) is 23.7 Å². The van der Waals surface area contributed by atoms with E-state index >= 15 is 0 Å². The molecule has 5 nitrogen and oxygen atoms in total. The van der Waals surface area contributed by atoms with Crippen molar-refractivity contribution in [2.24, 2.45) is 0 Å². The highest BCUT2D eigenvalue weighted by Crippen LogP contribution is 2.37. The second-order valence-electron chi connectivity index (χ2n) is 5.91. The zero-order chi connectivity index (χ0) is 20.2. The SMILES string of the molecule is CCc1ccc(OCc2c(N(O)C(=O)NC)cccc2C(F)(F)F)c(C)c1. The van der Waals surface area contributed by atoms with Crippen LogP contribution < -0.4 is 15.1 Å². The van der Waals surface area contributed by atoms with Crippen LogP contribution in [0.25, 0.3) is 0 Å². The highest BCUT2D eigenvalue weighted by molar-refractivity contribution is 5.90. The molecule has 2 amide bonds. The lowest BCUT2D eigenvalue weighted by Crippen LogP contribution is -2.36. The van der Waals surface area contributed by atoms with Crippen LogP contribution in [0.5, 0.6) is 5.75 Å². The van der Waals surface area contributed by atoms with Crippen LogP contribution >= 0.6 is 0 Å².